The number of hydrogen-bond donors (Lipinski definition) is 3. The molecule has 0 radical (unpaired) electrons. The summed E-state index contributed by atoms with van der Waals surface area (Å²) in [5.41, 5.74) is 5.48. The number of aliphatic hydroxyl groups is 1. The van der Waals surface area contributed by atoms with E-state index < -0.39 is 15.9 Å². The van der Waals surface area contributed by atoms with Crippen LogP contribution in [0.2, 0.25) is 0 Å². The van der Waals surface area contributed by atoms with E-state index in [-0.39, 0.29) is 35.9 Å². The van der Waals surface area contributed by atoms with E-state index in [1.807, 2.05) is 0 Å². The molecule has 0 saturated carbocycles. The quantitative estimate of drug-likeness (QED) is 0.621. The van der Waals surface area contributed by atoms with Gasteiger partial charge in [-0.2, -0.15) is 5.10 Å². The van der Waals surface area contributed by atoms with E-state index in [0.29, 0.717) is 6.61 Å². The standard InChI is InChI=1S/C21H27N5O5S/c1-30-10-14-6-5-13-7-12-3-2-4-16(12)19(18(13)14)24-21(28)25-32(22,29)17-8-23-26-15(9-27)11-31-20(17)26/h7-8,14-15,27H,2-6,9-11H2,1H3,(H3,22,24,25,28,29)/t14-,15+,32?/m1/s1. The summed E-state index contributed by atoms with van der Waals surface area (Å²) < 4.78 is 29.3. The highest BCUT2D eigenvalue weighted by molar-refractivity contribution is 7.91. The summed E-state index contributed by atoms with van der Waals surface area (Å²) in [4.78, 5) is 13.0. The first-order valence-electron chi connectivity index (χ1n) is 10.8. The van der Waals surface area contributed by atoms with E-state index in [1.54, 1.807) is 7.11 Å². The van der Waals surface area contributed by atoms with Crippen molar-refractivity contribution in [1.82, 2.24) is 9.78 Å². The number of aryl methyl sites for hydroxylation is 2. The lowest BCUT2D eigenvalue weighted by atomic mass is 9.94. The lowest BCUT2D eigenvalue weighted by Crippen LogP contribution is -2.19. The molecular formula is C21H27N5O5S. The number of ether oxygens (including phenoxy) is 2. The molecule has 1 unspecified atom stereocenters. The topological polar surface area (TPSA) is 141 Å². The number of amides is 2. The summed E-state index contributed by atoms with van der Waals surface area (Å²) in [7, 11) is -1.92. The molecule has 3 atom stereocenters. The number of urea groups is 1. The molecule has 2 heterocycles. The van der Waals surface area contributed by atoms with Crippen LogP contribution in [0.5, 0.6) is 5.88 Å². The van der Waals surface area contributed by atoms with Crippen molar-refractivity contribution in [2.75, 3.05) is 32.2 Å². The van der Waals surface area contributed by atoms with Crippen LogP contribution in [-0.2, 0) is 33.9 Å². The van der Waals surface area contributed by atoms with Gasteiger partial charge in [0.1, 0.15) is 17.5 Å². The van der Waals surface area contributed by atoms with Gasteiger partial charge in [0.25, 0.3) is 0 Å². The van der Waals surface area contributed by atoms with E-state index in [1.165, 1.54) is 22.0 Å². The number of hydrogen-bond acceptors (Lipinski definition) is 6. The number of carbonyl (C=O) groups excluding carboxylic acids is 1. The number of methoxy groups -OCH3 is 1. The third-order valence-corrected chi connectivity index (χ3v) is 7.86. The first-order chi connectivity index (χ1) is 15.4. The van der Waals surface area contributed by atoms with Crippen LogP contribution >= 0.6 is 0 Å². The Morgan fingerprint density at radius 3 is 3.06 bits per heavy atom. The zero-order valence-electron chi connectivity index (χ0n) is 17.9. The van der Waals surface area contributed by atoms with Gasteiger partial charge in [0.05, 0.1) is 19.4 Å². The highest BCUT2D eigenvalue weighted by atomic mass is 32.2. The minimum absolute atomic E-state index is 0.0457. The largest absolute Gasteiger partial charge is 0.475 e. The van der Waals surface area contributed by atoms with Gasteiger partial charge in [0, 0.05) is 18.7 Å². The number of aromatic nitrogens is 2. The van der Waals surface area contributed by atoms with Crippen LogP contribution in [0.1, 0.15) is 47.1 Å². The van der Waals surface area contributed by atoms with Gasteiger partial charge in [-0.05, 0) is 54.4 Å². The molecule has 0 fully saturated rings. The van der Waals surface area contributed by atoms with Gasteiger partial charge >= 0.3 is 6.03 Å². The fourth-order valence-corrected chi connectivity index (χ4v) is 6.08. The molecule has 0 bridgehead atoms. The van der Waals surface area contributed by atoms with Crippen molar-refractivity contribution in [2.45, 2.75) is 49.0 Å². The molecule has 1 aromatic heterocycles. The Labute approximate surface area is 186 Å². The normalized spacial score (nSPS) is 22.6. The van der Waals surface area contributed by atoms with Crippen LogP contribution in [0, 0.1) is 0 Å². The first-order valence-corrected chi connectivity index (χ1v) is 12.3. The fraction of sp³-hybridized carbons (Fsp3) is 0.524. The van der Waals surface area contributed by atoms with Crippen molar-refractivity contribution in [3.8, 4) is 5.88 Å². The summed E-state index contributed by atoms with van der Waals surface area (Å²) in [6.45, 7) is 0.591. The Hall–Kier alpha value is -2.47. The average molecular weight is 462 g/mol. The highest BCUT2D eigenvalue weighted by Gasteiger charge is 2.33. The van der Waals surface area contributed by atoms with Crippen molar-refractivity contribution in [3.05, 3.63) is 34.5 Å². The molecule has 2 amide bonds. The van der Waals surface area contributed by atoms with Crippen LogP contribution in [-0.4, -0.2) is 52.1 Å². The zero-order chi connectivity index (χ0) is 22.5. The fourth-order valence-electron chi connectivity index (χ4n) is 5.09. The van der Waals surface area contributed by atoms with Crippen molar-refractivity contribution >= 4 is 21.6 Å². The molecule has 1 aliphatic heterocycles. The van der Waals surface area contributed by atoms with Gasteiger partial charge in [0.15, 0.2) is 9.92 Å². The van der Waals surface area contributed by atoms with Crippen molar-refractivity contribution < 1.29 is 23.6 Å². The smallest absolute Gasteiger partial charge is 0.354 e. The third kappa shape index (κ3) is 3.49. The summed E-state index contributed by atoms with van der Waals surface area (Å²) in [5, 5.41) is 22.4. The summed E-state index contributed by atoms with van der Waals surface area (Å²) in [5.74, 6) is 0.371. The SMILES string of the molecule is COC[C@H]1CCc2cc3c(c(NC(=O)N=S(N)(=O)c4cnn5c4OC[C@@H]5CO)c21)CCC3. The van der Waals surface area contributed by atoms with Crippen LogP contribution in [0.15, 0.2) is 21.5 Å². The van der Waals surface area contributed by atoms with Gasteiger partial charge < -0.3 is 19.9 Å². The molecular weight excluding hydrogens is 434 g/mol. The van der Waals surface area contributed by atoms with Crippen LogP contribution in [0.25, 0.3) is 0 Å². The minimum atomic E-state index is -3.60. The molecule has 172 valence electrons. The Morgan fingerprint density at radius 2 is 2.28 bits per heavy atom. The van der Waals surface area contributed by atoms with E-state index in [4.69, 9.17) is 14.6 Å². The van der Waals surface area contributed by atoms with Crippen LogP contribution < -0.4 is 15.2 Å². The first kappa shape index (κ1) is 21.4. The molecule has 11 heteroatoms. The number of anilines is 1. The number of fused-ring (bicyclic) bond motifs is 3. The van der Waals surface area contributed by atoms with E-state index >= 15 is 0 Å². The van der Waals surface area contributed by atoms with Gasteiger partial charge in [-0.15, -0.1) is 4.36 Å². The Morgan fingerprint density at radius 1 is 1.44 bits per heavy atom. The predicted octanol–water partition coefficient (Wildman–Crippen LogP) is 1.91. The minimum Gasteiger partial charge on any atom is -0.475 e. The number of aliphatic hydroxyl groups excluding tert-OH is 1. The zero-order valence-corrected chi connectivity index (χ0v) is 18.7. The highest BCUT2D eigenvalue weighted by Crippen LogP contribution is 2.44. The number of nitrogens with zero attached hydrogens (tertiary/aromatic N) is 3. The number of nitrogens with one attached hydrogen (secondary N) is 1. The molecule has 4 N–H and O–H groups in total. The molecule has 10 nitrogen and oxygen atoms in total. The van der Waals surface area contributed by atoms with Gasteiger partial charge in [-0.25, -0.2) is 18.8 Å². The molecule has 5 rings (SSSR count). The van der Waals surface area contributed by atoms with Crippen molar-refractivity contribution in [2.24, 2.45) is 9.50 Å². The Balaban J connectivity index is 1.49. The second-order valence-corrected chi connectivity index (χ2v) is 10.3. The second kappa shape index (κ2) is 8.14. The lowest BCUT2D eigenvalue weighted by molar-refractivity contribution is 0.179. The van der Waals surface area contributed by atoms with Crippen molar-refractivity contribution in [1.29, 1.82) is 0 Å². The number of nitrogens with two attached hydrogens (primary N) is 1. The monoisotopic (exact) mass is 461 g/mol. The van der Waals surface area contributed by atoms with Crippen molar-refractivity contribution in [3.63, 3.8) is 0 Å². The maximum Gasteiger partial charge on any atom is 0.354 e. The third-order valence-electron chi connectivity index (χ3n) is 6.52. The van der Waals surface area contributed by atoms with Gasteiger partial charge in [-0.1, -0.05) is 6.07 Å². The van der Waals surface area contributed by atoms with Gasteiger partial charge in [-0.3, -0.25) is 0 Å². The second-order valence-electron chi connectivity index (χ2n) is 8.50. The van der Waals surface area contributed by atoms with Crippen LogP contribution in [0.3, 0.4) is 0 Å². The molecule has 0 saturated heterocycles. The summed E-state index contributed by atoms with van der Waals surface area (Å²) in [6.07, 6.45) is 6.08. The molecule has 2 aliphatic carbocycles. The molecule has 32 heavy (non-hydrogen) atoms. The summed E-state index contributed by atoms with van der Waals surface area (Å²) >= 11 is 0. The maximum absolute atomic E-state index is 13.2. The van der Waals surface area contributed by atoms with E-state index in [2.05, 4.69) is 20.8 Å². The Kier molecular flexibility index (Phi) is 5.44. The molecule has 0 spiro atoms. The molecule has 2 aromatic rings. The lowest BCUT2D eigenvalue weighted by Gasteiger charge is -2.19. The molecule has 3 aliphatic rings. The van der Waals surface area contributed by atoms with Crippen LogP contribution in [0.4, 0.5) is 10.5 Å². The number of carbonyl (C=O) groups is 1. The van der Waals surface area contributed by atoms with E-state index in [9.17, 15) is 14.1 Å². The van der Waals surface area contributed by atoms with E-state index in [0.717, 1.165) is 48.9 Å². The van der Waals surface area contributed by atoms with Gasteiger partial charge in [0.2, 0.25) is 5.88 Å². The average Bonchev–Trinajstić information content (AvgIpc) is 3.51. The predicted molar refractivity (Wildman–Crippen MR) is 117 cm³/mol. The summed E-state index contributed by atoms with van der Waals surface area (Å²) in [6, 6.07) is 1.12. The Bertz CT molecular complexity index is 1200. The number of benzene rings is 1. The number of rotatable bonds is 5. The molecule has 1 aromatic carbocycles. The maximum atomic E-state index is 13.2.